The van der Waals surface area contributed by atoms with Crippen molar-refractivity contribution < 1.29 is 4.74 Å². The fraction of sp³-hybridized carbons (Fsp3) is 0.545. The molecule has 2 aromatic rings. The van der Waals surface area contributed by atoms with Gasteiger partial charge in [-0.05, 0) is 54.6 Å². The van der Waals surface area contributed by atoms with Crippen molar-refractivity contribution in [3.8, 4) is 5.88 Å². The number of nitrogens with zero attached hydrogens (tertiary/aromatic N) is 3. The number of ether oxygens (including phenoxy) is 1. The van der Waals surface area contributed by atoms with E-state index in [1.807, 2.05) is 6.20 Å². The third-order valence-corrected chi connectivity index (χ3v) is 6.45. The zero-order valence-electron chi connectivity index (χ0n) is 15.1. The number of hydrogen-bond acceptors (Lipinski definition) is 5. The summed E-state index contributed by atoms with van der Waals surface area (Å²) in [5.74, 6) is 2.32. The molecular formula is C22H30N4O. The molecule has 1 aliphatic heterocycles. The number of benzene rings is 1. The van der Waals surface area contributed by atoms with E-state index in [-0.39, 0.29) is 18.9 Å². The van der Waals surface area contributed by atoms with Crippen molar-refractivity contribution in [2.24, 2.45) is 17.1 Å². The molecule has 0 unspecified atom stereocenters. The lowest BCUT2D eigenvalue weighted by atomic mass is 9.73. The lowest BCUT2D eigenvalue weighted by molar-refractivity contribution is 0.187. The summed E-state index contributed by atoms with van der Waals surface area (Å²) in [5, 5.41) is 0. The van der Waals surface area contributed by atoms with Crippen LogP contribution in [0.25, 0.3) is 0 Å². The van der Waals surface area contributed by atoms with Gasteiger partial charge in [-0.15, -0.1) is 0 Å². The smallest absolute Gasteiger partial charge is 0.232 e. The molecule has 0 bridgehead atoms. The lowest BCUT2D eigenvalue weighted by Gasteiger charge is -2.42. The van der Waals surface area contributed by atoms with E-state index < -0.39 is 0 Å². The first-order valence-electron chi connectivity index (χ1n) is 9.77. The second-order valence-electron chi connectivity index (χ2n) is 8.17. The summed E-state index contributed by atoms with van der Waals surface area (Å²) >= 11 is 0. The number of nitrogens with two attached hydrogens (primary N) is 1. The third-order valence-electron chi connectivity index (χ3n) is 6.45. The Kier molecular flexibility index (Phi) is 4.81. The molecule has 0 radical (unpaired) electrons. The second-order valence-corrected chi connectivity index (χ2v) is 8.17. The molecular weight excluding hydrogens is 336 g/mol. The van der Waals surface area contributed by atoms with Crippen LogP contribution < -0.4 is 15.4 Å². The Morgan fingerprint density at radius 3 is 2.56 bits per heavy atom. The van der Waals surface area contributed by atoms with Crippen molar-refractivity contribution in [1.29, 1.82) is 0 Å². The van der Waals surface area contributed by atoms with Crippen LogP contribution in [0, 0.1) is 11.3 Å². The highest BCUT2D eigenvalue weighted by Crippen LogP contribution is 2.50. The molecule has 5 rings (SSSR count). The highest BCUT2D eigenvalue weighted by Gasteiger charge is 2.45. The van der Waals surface area contributed by atoms with E-state index in [9.17, 15) is 0 Å². The van der Waals surface area contributed by atoms with Crippen LogP contribution in [0.15, 0.2) is 36.7 Å². The molecule has 1 spiro atoms. The first-order chi connectivity index (χ1) is 12.7. The minimum atomic E-state index is 0. The predicted octanol–water partition coefficient (Wildman–Crippen LogP) is 3.74. The molecule has 5 heteroatoms. The molecule has 1 atom stereocenters. The topological polar surface area (TPSA) is 64.3 Å². The Balaban J connectivity index is 0.00000180. The number of aromatic nitrogens is 2. The second kappa shape index (κ2) is 7.12. The maximum atomic E-state index is 6.66. The molecule has 1 saturated carbocycles. The lowest BCUT2D eigenvalue weighted by Crippen LogP contribution is -2.44. The zero-order valence-corrected chi connectivity index (χ0v) is 15.1. The molecule has 2 fully saturated rings. The molecule has 1 aromatic carbocycles. The summed E-state index contributed by atoms with van der Waals surface area (Å²) in [5.41, 5.74) is 9.65. The van der Waals surface area contributed by atoms with Crippen LogP contribution in [0.2, 0.25) is 0 Å². The van der Waals surface area contributed by atoms with Gasteiger partial charge in [0.2, 0.25) is 5.88 Å². The van der Waals surface area contributed by atoms with Crippen LogP contribution in [-0.2, 0) is 6.42 Å². The van der Waals surface area contributed by atoms with Crippen molar-refractivity contribution in [1.82, 2.24) is 9.97 Å². The van der Waals surface area contributed by atoms with Crippen LogP contribution in [0.1, 0.15) is 50.3 Å². The number of piperidine rings is 1. The Hall–Kier alpha value is -2.14. The van der Waals surface area contributed by atoms with Crippen LogP contribution >= 0.6 is 0 Å². The number of hydrogen-bond donors (Lipinski definition) is 1. The first kappa shape index (κ1) is 18.2. The predicted molar refractivity (Wildman–Crippen MR) is 108 cm³/mol. The Morgan fingerprint density at radius 1 is 1.11 bits per heavy atom. The summed E-state index contributed by atoms with van der Waals surface area (Å²) in [7, 11) is 0. The molecule has 1 saturated heterocycles. The molecule has 0 amide bonds. The zero-order chi connectivity index (χ0) is 17.6. The van der Waals surface area contributed by atoms with Gasteiger partial charge in [0, 0.05) is 19.1 Å². The summed E-state index contributed by atoms with van der Waals surface area (Å²) in [6.07, 6.45) is 9.50. The van der Waals surface area contributed by atoms with Gasteiger partial charge in [-0.1, -0.05) is 31.7 Å². The molecule has 144 valence electrons. The quantitative estimate of drug-likeness (QED) is 0.893. The average molecular weight is 367 g/mol. The van der Waals surface area contributed by atoms with Crippen molar-refractivity contribution >= 4 is 5.82 Å². The normalized spacial score (nSPS) is 23.0. The first-order valence-corrected chi connectivity index (χ1v) is 9.77. The molecule has 2 heterocycles. The van der Waals surface area contributed by atoms with E-state index >= 15 is 0 Å². The van der Waals surface area contributed by atoms with Crippen LogP contribution in [0.3, 0.4) is 0 Å². The van der Waals surface area contributed by atoms with E-state index in [0.29, 0.717) is 5.88 Å². The van der Waals surface area contributed by atoms with E-state index in [1.54, 1.807) is 6.20 Å². The Labute approximate surface area is 162 Å². The van der Waals surface area contributed by atoms with E-state index in [1.165, 1.54) is 24.0 Å². The minimum Gasteiger partial charge on any atom is -0.476 e. The van der Waals surface area contributed by atoms with Crippen LogP contribution in [0.5, 0.6) is 5.88 Å². The van der Waals surface area contributed by atoms with Gasteiger partial charge in [0.25, 0.3) is 0 Å². The van der Waals surface area contributed by atoms with Gasteiger partial charge < -0.3 is 15.4 Å². The standard InChI is InChI=1S/C21H26N4O.CH4/c22-20-17-4-2-1-3-16(17)11-21(20)7-9-25(10-8-21)18-12-24-19(13-23-18)26-14-15-5-6-15;/h1-4,12-13,15,20H,5-11,14,22H2;1H4/t20-;/m1./s1. The van der Waals surface area contributed by atoms with Crippen LogP contribution in [-0.4, -0.2) is 29.7 Å². The number of anilines is 1. The molecule has 27 heavy (non-hydrogen) atoms. The summed E-state index contributed by atoms with van der Waals surface area (Å²) in [4.78, 5) is 11.4. The molecule has 5 nitrogen and oxygen atoms in total. The van der Waals surface area contributed by atoms with Crippen LogP contribution in [0.4, 0.5) is 5.82 Å². The molecule has 3 aliphatic rings. The van der Waals surface area contributed by atoms with Gasteiger partial charge in [0.1, 0.15) is 5.82 Å². The van der Waals surface area contributed by atoms with Crippen molar-refractivity contribution in [3.63, 3.8) is 0 Å². The SMILES string of the molecule is C.N[C@@H]1c2ccccc2CC12CCN(c1cnc(OCC3CC3)cn1)CC2. The highest BCUT2D eigenvalue weighted by molar-refractivity contribution is 5.41. The highest BCUT2D eigenvalue weighted by atomic mass is 16.5. The van der Waals surface area contributed by atoms with E-state index in [4.69, 9.17) is 10.5 Å². The molecule has 2 N–H and O–H groups in total. The summed E-state index contributed by atoms with van der Waals surface area (Å²) in [6.45, 7) is 2.75. The Bertz CT molecular complexity index is 779. The van der Waals surface area contributed by atoms with E-state index in [2.05, 4.69) is 39.1 Å². The van der Waals surface area contributed by atoms with Gasteiger partial charge in [-0.2, -0.15) is 0 Å². The number of rotatable bonds is 4. The summed E-state index contributed by atoms with van der Waals surface area (Å²) < 4.78 is 5.69. The molecule has 1 aromatic heterocycles. The Morgan fingerprint density at radius 2 is 1.89 bits per heavy atom. The van der Waals surface area contributed by atoms with Crippen molar-refractivity contribution in [2.45, 2.75) is 45.6 Å². The maximum absolute atomic E-state index is 6.66. The van der Waals surface area contributed by atoms with Crippen molar-refractivity contribution in [2.75, 3.05) is 24.6 Å². The monoisotopic (exact) mass is 366 g/mol. The fourth-order valence-corrected chi connectivity index (χ4v) is 4.52. The minimum absolute atomic E-state index is 0. The summed E-state index contributed by atoms with van der Waals surface area (Å²) in [6, 6.07) is 8.83. The largest absolute Gasteiger partial charge is 0.476 e. The van der Waals surface area contributed by atoms with Gasteiger partial charge in [-0.3, -0.25) is 0 Å². The van der Waals surface area contributed by atoms with E-state index in [0.717, 1.165) is 50.7 Å². The number of fused-ring (bicyclic) bond motifs is 1. The molecule has 2 aliphatic carbocycles. The van der Waals surface area contributed by atoms with Crippen molar-refractivity contribution in [3.05, 3.63) is 47.8 Å². The average Bonchev–Trinajstić information content (AvgIpc) is 3.48. The third kappa shape index (κ3) is 3.41. The fourth-order valence-electron chi connectivity index (χ4n) is 4.52. The van der Waals surface area contributed by atoms with Gasteiger partial charge in [-0.25, -0.2) is 9.97 Å². The maximum Gasteiger partial charge on any atom is 0.232 e. The van der Waals surface area contributed by atoms with Gasteiger partial charge in [0.05, 0.1) is 19.0 Å². The van der Waals surface area contributed by atoms with Gasteiger partial charge >= 0.3 is 0 Å². The van der Waals surface area contributed by atoms with Gasteiger partial charge in [0.15, 0.2) is 0 Å².